The molecule has 2 rings (SSSR count). The Morgan fingerprint density at radius 2 is 1.95 bits per heavy atom. The molecule has 0 aliphatic carbocycles. The van der Waals surface area contributed by atoms with Gasteiger partial charge in [-0.15, -0.1) is 0 Å². The first-order valence-electron chi connectivity index (χ1n) is 6.55. The van der Waals surface area contributed by atoms with Crippen LogP contribution >= 0.6 is 0 Å². The number of aromatic nitrogens is 2. The summed E-state index contributed by atoms with van der Waals surface area (Å²) in [6, 6.07) is 9.19. The van der Waals surface area contributed by atoms with E-state index in [1.54, 1.807) is 11.6 Å². The van der Waals surface area contributed by atoms with Crippen molar-refractivity contribution in [2.24, 2.45) is 0 Å². The molecule has 1 unspecified atom stereocenters. The van der Waals surface area contributed by atoms with Gasteiger partial charge in [0.05, 0.1) is 11.9 Å². The van der Waals surface area contributed by atoms with Gasteiger partial charge in [-0.05, 0) is 26.3 Å². The van der Waals surface area contributed by atoms with E-state index in [2.05, 4.69) is 9.82 Å². The van der Waals surface area contributed by atoms with E-state index in [0.29, 0.717) is 12.2 Å². The Bertz CT molecular complexity index is 678. The Kier molecular flexibility index (Phi) is 4.25. The summed E-state index contributed by atoms with van der Waals surface area (Å²) in [7, 11) is -3.56. The first kappa shape index (κ1) is 14.7. The van der Waals surface area contributed by atoms with Crippen LogP contribution in [-0.2, 0) is 16.6 Å². The number of hydrogen-bond acceptors (Lipinski definition) is 3. The number of nitrogens with zero attached hydrogens (tertiary/aromatic N) is 2. The molecule has 0 aliphatic rings. The number of benzene rings is 1. The summed E-state index contributed by atoms with van der Waals surface area (Å²) < 4.78 is 29.2. The number of aryl methyl sites for hydroxylation is 1. The molecule has 1 aromatic heterocycles. The second-order valence-electron chi connectivity index (χ2n) is 4.66. The number of sulfonamides is 1. The summed E-state index contributed by atoms with van der Waals surface area (Å²) in [6.45, 7) is 6.16. The van der Waals surface area contributed by atoms with Crippen LogP contribution < -0.4 is 4.72 Å². The van der Waals surface area contributed by atoms with E-state index in [0.717, 1.165) is 5.56 Å². The largest absolute Gasteiger partial charge is 0.269 e. The van der Waals surface area contributed by atoms with E-state index in [1.807, 2.05) is 44.2 Å². The summed E-state index contributed by atoms with van der Waals surface area (Å²) >= 11 is 0. The van der Waals surface area contributed by atoms with Crippen molar-refractivity contribution in [3.63, 3.8) is 0 Å². The first-order valence-corrected chi connectivity index (χ1v) is 8.03. The van der Waals surface area contributed by atoms with Crippen LogP contribution in [0.25, 0.3) is 0 Å². The van der Waals surface area contributed by atoms with E-state index in [-0.39, 0.29) is 10.9 Å². The Hall–Kier alpha value is -1.66. The van der Waals surface area contributed by atoms with Crippen LogP contribution in [0.4, 0.5) is 0 Å². The van der Waals surface area contributed by atoms with Gasteiger partial charge >= 0.3 is 0 Å². The maximum absolute atomic E-state index is 12.4. The molecule has 1 atom stereocenters. The molecule has 0 bridgehead atoms. The van der Waals surface area contributed by atoms with Gasteiger partial charge in [0.1, 0.15) is 4.90 Å². The van der Waals surface area contributed by atoms with Crippen molar-refractivity contribution < 1.29 is 8.42 Å². The van der Waals surface area contributed by atoms with Crippen molar-refractivity contribution in [1.29, 1.82) is 0 Å². The van der Waals surface area contributed by atoms with E-state index < -0.39 is 10.0 Å². The van der Waals surface area contributed by atoms with Crippen LogP contribution in [0.2, 0.25) is 0 Å². The van der Waals surface area contributed by atoms with E-state index in [4.69, 9.17) is 0 Å². The number of nitrogens with one attached hydrogen (secondary N) is 1. The Labute approximate surface area is 119 Å². The molecule has 108 valence electrons. The van der Waals surface area contributed by atoms with Crippen molar-refractivity contribution >= 4 is 10.0 Å². The fourth-order valence-electron chi connectivity index (χ4n) is 2.12. The second-order valence-corrected chi connectivity index (χ2v) is 6.35. The fraction of sp³-hybridized carbons (Fsp3) is 0.357. The average molecular weight is 293 g/mol. The maximum Gasteiger partial charge on any atom is 0.244 e. The van der Waals surface area contributed by atoms with Gasteiger partial charge in [-0.25, -0.2) is 13.1 Å². The standard InChI is InChI=1S/C14H19N3O2S/c1-4-17-12(3)14(10-15-17)20(18,19)16-11(2)13-8-6-5-7-9-13/h5-11,16H,4H2,1-3H3. The topological polar surface area (TPSA) is 64.0 Å². The van der Waals surface area contributed by atoms with Crippen LogP contribution in [0.15, 0.2) is 41.4 Å². The summed E-state index contributed by atoms with van der Waals surface area (Å²) in [5, 5.41) is 4.08. The smallest absolute Gasteiger partial charge is 0.244 e. The SMILES string of the molecule is CCn1ncc(S(=O)(=O)NC(C)c2ccccc2)c1C. The Balaban J connectivity index is 2.25. The predicted molar refractivity (Wildman–Crippen MR) is 77.8 cm³/mol. The van der Waals surface area contributed by atoms with Crippen LogP contribution in [0.5, 0.6) is 0 Å². The zero-order chi connectivity index (χ0) is 14.8. The van der Waals surface area contributed by atoms with Crippen molar-refractivity contribution in [1.82, 2.24) is 14.5 Å². The highest BCUT2D eigenvalue weighted by Gasteiger charge is 2.22. The molecule has 0 aliphatic heterocycles. The molecule has 0 saturated heterocycles. The zero-order valence-electron chi connectivity index (χ0n) is 11.9. The minimum atomic E-state index is -3.56. The van der Waals surface area contributed by atoms with Crippen LogP contribution in [0.1, 0.15) is 31.1 Å². The Morgan fingerprint density at radius 3 is 2.50 bits per heavy atom. The minimum absolute atomic E-state index is 0.238. The van der Waals surface area contributed by atoms with Gasteiger partial charge in [0, 0.05) is 12.6 Å². The predicted octanol–water partition coefficient (Wildman–Crippen LogP) is 2.25. The molecule has 1 N–H and O–H groups in total. The highest BCUT2D eigenvalue weighted by molar-refractivity contribution is 7.89. The molecule has 6 heteroatoms. The van der Waals surface area contributed by atoms with E-state index >= 15 is 0 Å². The highest BCUT2D eigenvalue weighted by atomic mass is 32.2. The quantitative estimate of drug-likeness (QED) is 0.919. The van der Waals surface area contributed by atoms with Gasteiger partial charge in [0.2, 0.25) is 10.0 Å². The molecule has 0 amide bonds. The van der Waals surface area contributed by atoms with E-state index in [9.17, 15) is 8.42 Å². The lowest BCUT2D eigenvalue weighted by Crippen LogP contribution is -2.27. The van der Waals surface area contributed by atoms with Gasteiger partial charge < -0.3 is 0 Å². The lowest BCUT2D eigenvalue weighted by molar-refractivity contribution is 0.565. The third-order valence-corrected chi connectivity index (χ3v) is 4.92. The molecule has 1 heterocycles. The lowest BCUT2D eigenvalue weighted by atomic mass is 10.1. The lowest BCUT2D eigenvalue weighted by Gasteiger charge is -2.14. The van der Waals surface area contributed by atoms with Gasteiger partial charge in [-0.3, -0.25) is 4.68 Å². The van der Waals surface area contributed by atoms with Gasteiger partial charge in [-0.1, -0.05) is 30.3 Å². The van der Waals surface area contributed by atoms with Crippen molar-refractivity contribution in [2.45, 2.75) is 38.3 Å². The molecular formula is C14H19N3O2S. The average Bonchev–Trinajstić information content (AvgIpc) is 2.81. The summed E-state index contributed by atoms with van der Waals surface area (Å²) in [6.07, 6.45) is 1.40. The van der Waals surface area contributed by atoms with Crippen LogP contribution in [-0.4, -0.2) is 18.2 Å². The molecule has 0 fully saturated rings. The zero-order valence-corrected chi connectivity index (χ0v) is 12.7. The maximum atomic E-state index is 12.4. The van der Waals surface area contributed by atoms with Gasteiger partial charge in [-0.2, -0.15) is 5.10 Å². The monoisotopic (exact) mass is 293 g/mol. The molecule has 0 spiro atoms. The third-order valence-electron chi connectivity index (χ3n) is 3.28. The van der Waals surface area contributed by atoms with Gasteiger partial charge in [0.25, 0.3) is 0 Å². The van der Waals surface area contributed by atoms with Crippen molar-refractivity contribution in [3.8, 4) is 0 Å². The normalized spacial score (nSPS) is 13.3. The van der Waals surface area contributed by atoms with Gasteiger partial charge in [0.15, 0.2) is 0 Å². The summed E-state index contributed by atoms with van der Waals surface area (Å²) in [4.78, 5) is 0.238. The molecule has 0 radical (unpaired) electrons. The van der Waals surface area contributed by atoms with Crippen LogP contribution in [0.3, 0.4) is 0 Å². The highest BCUT2D eigenvalue weighted by Crippen LogP contribution is 2.19. The molecule has 0 saturated carbocycles. The molecule has 5 nitrogen and oxygen atoms in total. The van der Waals surface area contributed by atoms with Crippen molar-refractivity contribution in [3.05, 3.63) is 47.8 Å². The molecular weight excluding hydrogens is 274 g/mol. The second kappa shape index (κ2) is 5.76. The van der Waals surface area contributed by atoms with Crippen LogP contribution in [0, 0.1) is 6.92 Å². The molecule has 1 aromatic carbocycles. The molecule has 2 aromatic rings. The van der Waals surface area contributed by atoms with E-state index in [1.165, 1.54) is 6.20 Å². The fourth-order valence-corrected chi connectivity index (χ4v) is 3.53. The number of rotatable bonds is 5. The minimum Gasteiger partial charge on any atom is -0.269 e. The number of hydrogen-bond donors (Lipinski definition) is 1. The first-order chi connectivity index (χ1) is 9.45. The Morgan fingerprint density at radius 1 is 1.30 bits per heavy atom. The summed E-state index contributed by atoms with van der Waals surface area (Å²) in [5.41, 5.74) is 1.58. The summed E-state index contributed by atoms with van der Waals surface area (Å²) in [5.74, 6) is 0. The molecule has 20 heavy (non-hydrogen) atoms. The third kappa shape index (κ3) is 2.91. The van der Waals surface area contributed by atoms with Crippen molar-refractivity contribution in [2.75, 3.05) is 0 Å².